The number of nitrogens with zero attached hydrogens (tertiary/aromatic N) is 1. The number of hydrogen-bond acceptors (Lipinski definition) is 9. The molecule has 0 aliphatic heterocycles. The van der Waals surface area contributed by atoms with E-state index in [0.29, 0.717) is 17.0 Å². The number of amides is 2. The monoisotopic (exact) mass is 616 g/mol. The maximum atomic E-state index is 12.9. The zero-order valence-corrected chi connectivity index (χ0v) is 25.2. The molecule has 2 rings (SSSR count). The Bertz CT molecular complexity index is 1140. The van der Waals surface area contributed by atoms with Crippen LogP contribution in [0.25, 0.3) is 0 Å². The van der Waals surface area contributed by atoms with Gasteiger partial charge in [0.1, 0.15) is 18.7 Å². The van der Waals surface area contributed by atoms with Gasteiger partial charge in [0, 0.05) is 31.6 Å². The Kier molecular flexibility index (Phi) is 14.5. The maximum absolute atomic E-state index is 12.9. The van der Waals surface area contributed by atoms with E-state index in [0.717, 1.165) is 32.1 Å². The van der Waals surface area contributed by atoms with Crippen molar-refractivity contribution >= 4 is 45.6 Å². The number of sulfonamides is 1. The van der Waals surface area contributed by atoms with Gasteiger partial charge in [0.05, 0.1) is 5.75 Å². The first-order valence-corrected chi connectivity index (χ1v) is 15.8. The Hall–Kier alpha value is -2.74. The minimum Gasteiger partial charge on any atom is -0.445 e. The molecule has 230 valence electrons. The second-order valence-electron chi connectivity index (χ2n) is 10.1. The Balaban J connectivity index is 1.88. The lowest BCUT2D eigenvalue weighted by Crippen LogP contribution is -2.46. The van der Waals surface area contributed by atoms with Crippen LogP contribution >= 0.6 is 11.6 Å². The van der Waals surface area contributed by atoms with E-state index in [1.165, 1.54) is 18.9 Å². The largest absolute Gasteiger partial charge is 0.445 e. The highest BCUT2D eigenvalue weighted by Crippen LogP contribution is 2.27. The average molecular weight is 617 g/mol. The molecule has 2 amide bonds. The summed E-state index contributed by atoms with van der Waals surface area (Å²) >= 11 is 5.96. The number of hydrogen-bond donors (Lipinski definition) is 3. The number of nitrogens with two attached hydrogens (primary N) is 1. The van der Waals surface area contributed by atoms with Crippen LogP contribution < -0.4 is 15.8 Å². The molecule has 0 spiro atoms. The van der Waals surface area contributed by atoms with Crippen molar-refractivity contribution in [2.45, 2.75) is 77.0 Å². The second kappa shape index (κ2) is 17.3. The minimum atomic E-state index is -3.37. The predicted octanol–water partition coefficient (Wildman–Crippen LogP) is 2.48. The van der Waals surface area contributed by atoms with Gasteiger partial charge >= 0.3 is 18.0 Å². The van der Waals surface area contributed by atoms with Gasteiger partial charge in [0.2, 0.25) is 15.9 Å². The molecule has 1 saturated carbocycles. The molecule has 1 aromatic carbocycles. The average Bonchev–Trinajstić information content (AvgIpc) is 2.94. The first kappa shape index (κ1) is 34.5. The van der Waals surface area contributed by atoms with Gasteiger partial charge in [0.15, 0.2) is 0 Å². The van der Waals surface area contributed by atoms with Crippen LogP contribution in [-0.4, -0.2) is 75.2 Å². The second-order valence-corrected chi connectivity index (χ2v) is 12.7. The topological polar surface area (TPSA) is 174 Å². The highest BCUT2D eigenvalue weighted by Gasteiger charge is 2.31. The van der Waals surface area contributed by atoms with Crippen molar-refractivity contribution in [3.05, 3.63) is 34.9 Å². The number of likely N-dealkylation sites (N-methyl/N-ethyl adjacent to an activating group) is 1. The molecule has 1 aliphatic carbocycles. The van der Waals surface area contributed by atoms with Crippen LogP contribution in [-0.2, 0) is 40.5 Å². The number of benzene rings is 1. The summed E-state index contributed by atoms with van der Waals surface area (Å²) in [5.74, 6) is -2.20. The molecule has 14 heteroatoms. The van der Waals surface area contributed by atoms with Gasteiger partial charge in [-0.1, -0.05) is 55.8 Å². The van der Waals surface area contributed by atoms with E-state index < -0.39 is 40.1 Å². The number of carbonyl (C=O) groups excluding carboxylic acids is 4. The third-order valence-electron chi connectivity index (χ3n) is 6.88. The number of halogens is 1. The van der Waals surface area contributed by atoms with Gasteiger partial charge in [-0.3, -0.25) is 4.79 Å². The van der Waals surface area contributed by atoms with Crippen molar-refractivity contribution in [3.8, 4) is 0 Å². The number of carbonyl (C=O) groups is 4. The quantitative estimate of drug-likeness (QED) is 0.197. The third kappa shape index (κ3) is 13.2. The van der Waals surface area contributed by atoms with E-state index in [1.807, 2.05) is 0 Å². The zero-order chi connectivity index (χ0) is 30.4. The molecule has 2 atom stereocenters. The number of ether oxygens (including phenoxy) is 2. The van der Waals surface area contributed by atoms with Crippen LogP contribution in [0, 0.1) is 5.92 Å². The SMILES string of the molecule is CCS(=O)(=O)NCCN(C)C(=O)CC[C@H](N)C(=O)OC(=O)[C@H](CC1CCCCC1)NC(=O)OCc1cccc(Cl)c1. The number of nitrogens with one attached hydrogen (secondary N) is 2. The van der Waals surface area contributed by atoms with E-state index in [9.17, 15) is 27.6 Å². The predicted molar refractivity (Wildman–Crippen MR) is 153 cm³/mol. The first-order valence-electron chi connectivity index (χ1n) is 13.8. The first-order chi connectivity index (χ1) is 19.4. The van der Waals surface area contributed by atoms with Crippen LogP contribution in [0.3, 0.4) is 0 Å². The van der Waals surface area contributed by atoms with E-state index in [2.05, 4.69) is 10.0 Å². The maximum Gasteiger partial charge on any atom is 0.408 e. The molecule has 41 heavy (non-hydrogen) atoms. The Morgan fingerprint density at radius 2 is 1.85 bits per heavy atom. The number of alkyl carbamates (subject to hydrolysis) is 1. The molecule has 4 N–H and O–H groups in total. The van der Waals surface area contributed by atoms with E-state index >= 15 is 0 Å². The third-order valence-corrected chi connectivity index (χ3v) is 8.52. The van der Waals surface area contributed by atoms with E-state index in [4.69, 9.17) is 26.8 Å². The van der Waals surface area contributed by atoms with Gasteiger partial charge in [0.25, 0.3) is 0 Å². The number of rotatable bonds is 15. The van der Waals surface area contributed by atoms with Gasteiger partial charge in [-0.05, 0) is 43.4 Å². The summed E-state index contributed by atoms with van der Waals surface area (Å²) in [7, 11) is -1.87. The van der Waals surface area contributed by atoms with Crippen molar-refractivity contribution < 1.29 is 37.1 Å². The summed E-state index contributed by atoms with van der Waals surface area (Å²) in [4.78, 5) is 51.7. The lowest BCUT2D eigenvalue weighted by atomic mass is 9.85. The smallest absolute Gasteiger partial charge is 0.408 e. The molecule has 0 heterocycles. The lowest BCUT2D eigenvalue weighted by Gasteiger charge is -2.26. The molecule has 0 unspecified atom stereocenters. The lowest BCUT2D eigenvalue weighted by molar-refractivity contribution is -0.162. The normalized spacial score (nSPS) is 15.4. The fourth-order valence-corrected chi connectivity index (χ4v) is 5.18. The van der Waals surface area contributed by atoms with E-state index in [1.54, 1.807) is 24.3 Å². The summed E-state index contributed by atoms with van der Waals surface area (Å²) in [5, 5.41) is 3.01. The molecular formula is C27H41ClN4O8S. The van der Waals surface area contributed by atoms with Gasteiger partial charge in [-0.25, -0.2) is 27.5 Å². The molecule has 0 saturated heterocycles. The summed E-state index contributed by atoms with van der Waals surface area (Å²) in [6.45, 7) is 1.63. The van der Waals surface area contributed by atoms with Crippen molar-refractivity contribution in [3.63, 3.8) is 0 Å². The molecular weight excluding hydrogens is 576 g/mol. The highest BCUT2D eigenvalue weighted by molar-refractivity contribution is 7.89. The zero-order valence-electron chi connectivity index (χ0n) is 23.6. The molecule has 1 fully saturated rings. The summed E-state index contributed by atoms with van der Waals surface area (Å²) < 4.78 is 35.6. The molecule has 12 nitrogen and oxygen atoms in total. The van der Waals surface area contributed by atoms with Crippen LogP contribution in [0.2, 0.25) is 5.02 Å². The summed E-state index contributed by atoms with van der Waals surface area (Å²) in [6, 6.07) is 4.45. The van der Waals surface area contributed by atoms with Crippen molar-refractivity contribution in [1.82, 2.24) is 14.9 Å². The number of esters is 2. The van der Waals surface area contributed by atoms with Crippen molar-refractivity contribution in [2.75, 3.05) is 25.9 Å². The molecule has 1 aromatic rings. The fraction of sp³-hybridized carbons (Fsp3) is 0.630. The summed E-state index contributed by atoms with van der Waals surface area (Å²) in [6.07, 6.45) is 4.19. The van der Waals surface area contributed by atoms with Gasteiger partial charge in [-0.15, -0.1) is 0 Å². The molecule has 0 bridgehead atoms. The highest BCUT2D eigenvalue weighted by atomic mass is 35.5. The van der Waals surface area contributed by atoms with Crippen molar-refractivity contribution in [2.24, 2.45) is 11.7 Å². The van der Waals surface area contributed by atoms with Crippen LogP contribution in [0.4, 0.5) is 4.79 Å². The van der Waals surface area contributed by atoms with Crippen LogP contribution in [0.15, 0.2) is 24.3 Å². The standard InChI is InChI=1S/C27H41ClN4O8S/c1-3-41(37,38)30-14-15-32(2)24(33)13-12-22(29)25(34)40-26(35)23(17-19-8-5-4-6-9-19)31-27(36)39-18-20-10-7-11-21(28)16-20/h7,10-11,16,19,22-23,30H,3-6,8-9,12-15,17-18,29H2,1-2H3,(H,31,36)/t22-,23-/m0/s1. The van der Waals surface area contributed by atoms with Crippen molar-refractivity contribution in [1.29, 1.82) is 0 Å². The van der Waals surface area contributed by atoms with E-state index in [-0.39, 0.29) is 50.1 Å². The minimum absolute atomic E-state index is 0.0535. The van der Waals surface area contributed by atoms with Gasteiger partial charge in [-0.2, -0.15) is 0 Å². The Morgan fingerprint density at radius 1 is 1.15 bits per heavy atom. The molecule has 1 aliphatic rings. The Labute approximate surface area is 246 Å². The fourth-order valence-electron chi connectivity index (χ4n) is 4.36. The van der Waals surface area contributed by atoms with Gasteiger partial charge < -0.3 is 25.4 Å². The molecule has 0 aromatic heterocycles. The van der Waals surface area contributed by atoms with Crippen LogP contribution in [0.5, 0.6) is 0 Å². The molecule has 0 radical (unpaired) electrons. The Morgan fingerprint density at radius 3 is 2.51 bits per heavy atom. The van der Waals surface area contributed by atoms with Crippen LogP contribution in [0.1, 0.15) is 63.9 Å². The summed E-state index contributed by atoms with van der Waals surface area (Å²) in [5.41, 5.74) is 6.56.